The van der Waals surface area contributed by atoms with Crippen LogP contribution >= 0.6 is 0 Å². The maximum atomic E-state index is 12.8. The van der Waals surface area contributed by atoms with E-state index in [0.717, 1.165) is 0 Å². The van der Waals surface area contributed by atoms with Crippen molar-refractivity contribution in [3.05, 3.63) is 0 Å². The summed E-state index contributed by atoms with van der Waals surface area (Å²) in [6, 6.07) is 0. The molecule has 0 radical (unpaired) electrons. The summed E-state index contributed by atoms with van der Waals surface area (Å²) < 4.78 is 38.4. The van der Waals surface area contributed by atoms with Crippen LogP contribution < -0.4 is 0 Å². The van der Waals surface area contributed by atoms with Gasteiger partial charge in [0.05, 0.1) is 11.8 Å². The Kier molecular flexibility index (Phi) is 4.78. The number of carboxylic acids is 1. The van der Waals surface area contributed by atoms with E-state index >= 15 is 0 Å². The van der Waals surface area contributed by atoms with Crippen molar-refractivity contribution in [1.29, 1.82) is 0 Å². The Morgan fingerprint density at radius 1 is 1.05 bits per heavy atom. The number of hydrogen-bond donors (Lipinski definition) is 1. The first-order valence-electron chi connectivity index (χ1n) is 7.37. The third-order valence-corrected chi connectivity index (χ3v) is 4.57. The minimum Gasteiger partial charge on any atom is -0.481 e. The molecule has 7 heteroatoms. The normalized spacial score (nSPS) is 31.0. The number of carbonyl (C=O) groups is 2. The van der Waals surface area contributed by atoms with E-state index in [9.17, 15) is 22.8 Å². The quantitative estimate of drug-likeness (QED) is 0.853. The molecule has 3 atom stereocenters. The van der Waals surface area contributed by atoms with Crippen LogP contribution in [0, 0.1) is 17.8 Å². The van der Waals surface area contributed by atoms with Gasteiger partial charge in [-0.25, -0.2) is 0 Å². The van der Waals surface area contributed by atoms with Gasteiger partial charge in [-0.3, -0.25) is 9.59 Å². The van der Waals surface area contributed by atoms with Crippen molar-refractivity contribution in [2.75, 3.05) is 13.1 Å². The number of rotatable bonds is 2. The molecule has 0 aromatic heterocycles. The molecule has 2 fully saturated rings. The zero-order valence-electron chi connectivity index (χ0n) is 11.7. The Labute approximate surface area is 121 Å². The van der Waals surface area contributed by atoms with Gasteiger partial charge in [-0.05, 0) is 32.1 Å². The van der Waals surface area contributed by atoms with Crippen LogP contribution in [0.5, 0.6) is 0 Å². The number of piperidine rings is 1. The monoisotopic (exact) mass is 307 g/mol. The van der Waals surface area contributed by atoms with Crippen molar-refractivity contribution < 1.29 is 27.9 Å². The summed E-state index contributed by atoms with van der Waals surface area (Å²) in [4.78, 5) is 24.8. The number of aliphatic carboxylic acids is 1. The molecule has 0 spiro atoms. The smallest absolute Gasteiger partial charge is 0.391 e. The topological polar surface area (TPSA) is 57.6 Å². The van der Waals surface area contributed by atoms with Gasteiger partial charge in [-0.1, -0.05) is 6.42 Å². The molecule has 0 aromatic carbocycles. The van der Waals surface area contributed by atoms with Crippen molar-refractivity contribution in [3.63, 3.8) is 0 Å². The van der Waals surface area contributed by atoms with Gasteiger partial charge >= 0.3 is 12.1 Å². The van der Waals surface area contributed by atoms with Crippen LogP contribution in [-0.4, -0.2) is 41.1 Å². The highest BCUT2D eigenvalue weighted by Crippen LogP contribution is 2.40. The molecule has 1 N–H and O–H groups in total. The largest absolute Gasteiger partial charge is 0.481 e. The zero-order chi connectivity index (χ0) is 15.6. The van der Waals surface area contributed by atoms with Gasteiger partial charge in [0, 0.05) is 19.0 Å². The molecule has 1 heterocycles. The number of alkyl halides is 3. The average Bonchev–Trinajstić information content (AvgIpc) is 2.46. The van der Waals surface area contributed by atoms with Crippen LogP contribution in [0.4, 0.5) is 13.2 Å². The Balaban J connectivity index is 1.97. The Morgan fingerprint density at radius 2 is 1.71 bits per heavy atom. The standard InChI is InChI=1S/C14H20F3NO3/c15-14(16,17)11-5-1-3-9(7-11)12(19)18-6-2-4-10(8-18)13(20)21/h9-11H,1-8H2,(H,20,21)/t9?,10-,11?/m0/s1. The highest BCUT2D eigenvalue weighted by Gasteiger charge is 2.44. The molecule has 2 unspecified atom stereocenters. The minimum atomic E-state index is -4.25. The van der Waals surface area contributed by atoms with Gasteiger partial charge in [0.25, 0.3) is 0 Å². The Bertz CT molecular complexity index is 411. The molecule has 4 nitrogen and oxygen atoms in total. The third kappa shape index (κ3) is 3.89. The summed E-state index contributed by atoms with van der Waals surface area (Å²) in [7, 11) is 0. The van der Waals surface area contributed by atoms with Gasteiger partial charge in [0.15, 0.2) is 0 Å². The molecule has 1 aliphatic heterocycles. The van der Waals surface area contributed by atoms with Crippen molar-refractivity contribution in [3.8, 4) is 0 Å². The second-order valence-electron chi connectivity index (χ2n) is 6.06. The molecule has 1 saturated heterocycles. The van der Waals surface area contributed by atoms with E-state index < -0.39 is 29.9 Å². The van der Waals surface area contributed by atoms with E-state index in [0.29, 0.717) is 32.2 Å². The highest BCUT2D eigenvalue weighted by molar-refractivity contribution is 5.80. The van der Waals surface area contributed by atoms with Crippen molar-refractivity contribution in [2.45, 2.75) is 44.7 Å². The second-order valence-corrected chi connectivity index (χ2v) is 6.06. The van der Waals surface area contributed by atoms with Crippen molar-refractivity contribution >= 4 is 11.9 Å². The van der Waals surface area contributed by atoms with Crippen LogP contribution in [0.15, 0.2) is 0 Å². The van der Waals surface area contributed by atoms with E-state index in [2.05, 4.69) is 0 Å². The fraction of sp³-hybridized carbons (Fsp3) is 0.857. The Hall–Kier alpha value is -1.27. The minimum absolute atomic E-state index is 0.0883. The molecule has 0 bridgehead atoms. The van der Waals surface area contributed by atoms with E-state index in [4.69, 9.17) is 5.11 Å². The van der Waals surface area contributed by atoms with Crippen LogP contribution in [0.1, 0.15) is 38.5 Å². The maximum absolute atomic E-state index is 12.8. The number of carboxylic acid groups (broad SMARTS) is 1. The number of nitrogens with zero attached hydrogens (tertiary/aromatic N) is 1. The number of amides is 1. The number of likely N-dealkylation sites (tertiary alicyclic amines) is 1. The van der Waals surface area contributed by atoms with Crippen molar-refractivity contribution in [1.82, 2.24) is 4.90 Å². The van der Waals surface area contributed by atoms with Gasteiger partial charge in [-0.2, -0.15) is 13.2 Å². The molecular weight excluding hydrogens is 287 g/mol. The number of carbonyl (C=O) groups excluding carboxylic acids is 1. The van der Waals surface area contributed by atoms with E-state index in [1.807, 2.05) is 0 Å². The molecule has 1 amide bonds. The maximum Gasteiger partial charge on any atom is 0.391 e. The fourth-order valence-corrected chi connectivity index (χ4v) is 3.35. The second kappa shape index (κ2) is 6.23. The molecule has 21 heavy (non-hydrogen) atoms. The Morgan fingerprint density at radius 3 is 2.33 bits per heavy atom. The zero-order valence-corrected chi connectivity index (χ0v) is 11.7. The van der Waals surface area contributed by atoms with E-state index in [1.165, 1.54) is 4.90 Å². The summed E-state index contributed by atoms with van der Waals surface area (Å²) >= 11 is 0. The first-order chi connectivity index (χ1) is 9.79. The molecule has 2 aliphatic rings. The van der Waals surface area contributed by atoms with Crippen LogP contribution in [0.25, 0.3) is 0 Å². The fourth-order valence-electron chi connectivity index (χ4n) is 3.35. The summed E-state index contributed by atoms with van der Waals surface area (Å²) in [5, 5.41) is 9.01. The molecule has 2 rings (SSSR count). The lowest BCUT2D eigenvalue weighted by Gasteiger charge is -2.36. The van der Waals surface area contributed by atoms with Gasteiger partial charge in [-0.15, -0.1) is 0 Å². The summed E-state index contributed by atoms with van der Waals surface area (Å²) in [5.74, 6) is -3.85. The molecule has 1 aliphatic carbocycles. The summed E-state index contributed by atoms with van der Waals surface area (Å²) in [5.41, 5.74) is 0. The van der Waals surface area contributed by atoms with Gasteiger partial charge < -0.3 is 10.0 Å². The predicted octanol–water partition coefficient (Wildman–Crippen LogP) is 2.68. The molecular formula is C14H20F3NO3. The number of halogens is 3. The van der Waals surface area contributed by atoms with E-state index in [-0.39, 0.29) is 25.3 Å². The van der Waals surface area contributed by atoms with Crippen LogP contribution in [-0.2, 0) is 9.59 Å². The molecule has 120 valence electrons. The first kappa shape index (κ1) is 16.1. The third-order valence-electron chi connectivity index (χ3n) is 4.57. The van der Waals surface area contributed by atoms with Gasteiger partial charge in [0.2, 0.25) is 5.91 Å². The van der Waals surface area contributed by atoms with Crippen LogP contribution in [0.2, 0.25) is 0 Å². The first-order valence-corrected chi connectivity index (χ1v) is 7.37. The molecule has 0 aromatic rings. The van der Waals surface area contributed by atoms with Crippen LogP contribution in [0.3, 0.4) is 0 Å². The van der Waals surface area contributed by atoms with Gasteiger partial charge in [0.1, 0.15) is 0 Å². The highest BCUT2D eigenvalue weighted by atomic mass is 19.4. The lowest BCUT2D eigenvalue weighted by Crippen LogP contribution is -2.46. The van der Waals surface area contributed by atoms with Crippen molar-refractivity contribution in [2.24, 2.45) is 17.8 Å². The lowest BCUT2D eigenvalue weighted by atomic mass is 9.80. The van der Waals surface area contributed by atoms with E-state index in [1.54, 1.807) is 0 Å². The summed E-state index contributed by atoms with van der Waals surface area (Å²) in [6.45, 7) is 0.581. The predicted molar refractivity (Wildman–Crippen MR) is 68.4 cm³/mol. The average molecular weight is 307 g/mol. The SMILES string of the molecule is O=C(O)[C@H]1CCCN(C(=O)C2CCCC(C(F)(F)F)C2)C1. The lowest BCUT2D eigenvalue weighted by molar-refractivity contribution is -0.187. The summed E-state index contributed by atoms with van der Waals surface area (Å²) in [6.07, 6.45) is -2.32. The number of hydrogen-bond acceptors (Lipinski definition) is 2. The molecule has 1 saturated carbocycles.